The third kappa shape index (κ3) is 1.39. The first-order chi connectivity index (χ1) is 7.78. The minimum Gasteiger partial charge on any atom is -0.497 e. The van der Waals surface area contributed by atoms with Crippen LogP contribution in [0, 0.1) is 0 Å². The fourth-order valence-electron chi connectivity index (χ4n) is 1.86. The predicted octanol–water partition coefficient (Wildman–Crippen LogP) is 4.36. The van der Waals surface area contributed by atoms with E-state index in [1.54, 1.807) is 7.11 Å². The van der Waals surface area contributed by atoms with Gasteiger partial charge in [-0.3, -0.25) is 0 Å². The van der Waals surface area contributed by atoms with Gasteiger partial charge >= 0.3 is 0 Å². The largest absolute Gasteiger partial charge is 0.497 e. The predicted molar refractivity (Wildman–Crippen MR) is 68.0 cm³/mol. The molecule has 0 aliphatic heterocycles. The molecule has 0 fully saturated rings. The first-order valence-electron chi connectivity index (χ1n) is 4.94. The summed E-state index contributed by atoms with van der Waals surface area (Å²) in [5.74, 6) is 0.811. The average Bonchev–Trinajstić information content (AvgIpc) is 2.64. The maximum absolute atomic E-state index is 5.77. The number of hydrogen-bond donors (Lipinski definition) is 0. The van der Waals surface area contributed by atoms with E-state index in [1.807, 2.05) is 30.3 Å². The van der Waals surface area contributed by atoms with Crippen molar-refractivity contribution in [2.24, 2.45) is 0 Å². The molecule has 0 atom stereocenters. The smallest absolute Gasteiger partial charge is 0.139 e. The van der Waals surface area contributed by atoms with Gasteiger partial charge in [0.25, 0.3) is 0 Å². The molecule has 0 aliphatic rings. The zero-order valence-corrected chi connectivity index (χ0v) is 10.2. The topological polar surface area (TPSA) is 22.4 Å². The SMILES string of the molecule is COc1ccc2c(c1)oc1cc(Br)ccc12. The van der Waals surface area contributed by atoms with Gasteiger partial charge in [0.05, 0.1) is 7.11 Å². The maximum Gasteiger partial charge on any atom is 0.139 e. The van der Waals surface area contributed by atoms with E-state index in [9.17, 15) is 0 Å². The summed E-state index contributed by atoms with van der Waals surface area (Å²) in [5, 5.41) is 2.24. The molecule has 3 rings (SSSR count). The Hall–Kier alpha value is -1.48. The summed E-state index contributed by atoms with van der Waals surface area (Å²) in [4.78, 5) is 0. The van der Waals surface area contributed by atoms with E-state index in [-0.39, 0.29) is 0 Å². The number of furan rings is 1. The molecule has 0 saturated carbocycles. The molecule has 0 amide bonds. The van der Waals surface area contributed by atoms with Gasteiger partial charge in [-0.25, -0.2) is 0 Å². The van der Waals surface area contributed by atoms with E-state index in [2.05, 4.69) is 22.0 Å². The second kappa shape index (κ2) is 3.52. The van der Waals surface area contributed by atoms with Crippen LogP contribution >= 0.6 is 15.9 Å². The number of methoxy groups -OCH3 is 1. The van der Waals surface area contributed by atoms with Gasteiger partial charge in [0.1, 0.15) is 16.9 Å². The Labute approximate surface area is 101 Å². The molecule has 0 unspecified atom stereocenters. The van der Waals surface area contributed by atoms with Crippen molar-refractivity contribution in [3.63, 3.8) is 0 Å². The normalized spacial score (nSPS) is 11.1. The molecule has 0 spiro atoms. The minimum atomic E-state index is 0.811. The molecule has 3 aromatic rings. The van der Waals surface area contributed by atoms with Crippen LogP contribution in [0.3, 0.4) is 0 Å². The van der Waals surface area contributed by atoms with E-state index < -0.39 is 0 Å². The lowest BCUT2D eigenvalue weighted by Gasteiger charge is -1.97. The van der Waals surface area contributed by atoms with Crippen LogP contribution in [-0.4, -0.2) is 7.11 Å². The van der Waals surface area contributed by atoms with Gasteiger partial charge in [0, 0.05) is 21.3 Å². The molecule has 0 aliphatic carbocycles. The van der Waals surface area contributed by atoms with E-state index in [0.717, 1.165) is 32.2 Å². The highest BCUT2D eigenvalue weighted by Gasteiger charge is 2.07. The molecular weight excluding hydrogens is 268 g/mol. The summed E-state index contributed by atoms with van der Waals surface area (Å²) in [7, 11) is 1.65. The molecule has 0 bridgehead atoms. The lowest BCUT2D eigenvalue weighted by Crippen LogP contribution is -1.80. The van der Waals surface area contributed by atoms with Gasteiger partial charge in [0.15, 0.2) is 0 Å². The van der Waals surface area contributed by atoms with Crippen molar-refractivity contribution in [1.82, 2.24) is 0 Å². The van der Waals surface area contributed by atoms with Gasteiger partial charge in [-0.05, 0) is 30.3 Å². The highest BCUT2D eigenvalue weighted by atomic mass is 79.9. The minimum absolute atomic E-state index is 0.811. The molecule has 1 aromatic heterocycles. The van der Waals surface area contributed by atoms with Crippen LogP contribution in [0.4, 0.5) is 0 Å². The quantitative estimate of drug-likeness (QED) is 0.659. The molecule has 3 heteroatoms. The summed E-state index contributed by atoms with van der Waals surface area (Å²) < 4.78 is 12.0. The first kappa shape index (κ1) is 9.73. The first-order valence-corrected chi connectivity index (χ1v) is 5.73. The monoisotopic (exact) mass is 276 g/mol. The Morgan fingerprint density at radius 2 is 1.69 bits per heavy atom. The standard InChI is InChI=1S/C13H9BrO2/c1-15-9-3-5-11-10-4-2-8(14)6-12(10)16-13(11)7-9/h2-7H,1H3. The second-order valence-corrected chi connectivity index (χ2v) is 4.52. The van der Waals surface area contributed by atoms with Crippen LogP contribution in [0.15, 0.2) is 45.3 Å². The van der Waals surface area contributed by atoms with Crippen LogP contribution in [0.2, 0.25) is 0 Å². The summed E-state index contributed by atoms with van der Waals surface area (Å²) >= 11 is 3.43. The molecule has 2 nitrogen and oxygen atoms in total. The number of rotatable bonds is 1. The Balaban J connectivity index is 2.40. The average molecular weight is 277 g/mol. The number of fused-ring (bicyclic) bond motifs is 3. The molecule has 16 heavy (non-hydrogen) atoms. The summed E-state index contributed by atoms with van der Waals surface area (Å²) in [5.41, 5.74) is 1.74. The van der Waals surface area contributed by atoms with Crippen molar-refractivity contribution >= 4 is 37.9 Å². The van der Waals surface area contributed by atoms with Crippen molar-refractivity contribution < 1.29 is 9.15 Å². The Kier molecular flexibility index (Phi) is 2.14. The van der Waals surface area contributed by atoms with Crippen LogP contribution in [0.1, 0.15) is 0 Å². The summed E-state index contributed by atoms with van der Waals surface area (Å²) in [6.45, 7) is 0. The second-order valence-electron chi connectivity index (χ2n) is 3.60. The number of benzene rings is 2. The number of ether oxygens (including phenoxy) is 1. The third-order valence-electron chi connectivity index (χ3n) is 2.64. The van der Waals surface area contributed by atoms with Crippen molar-refractivity contribution in [1.29, 1.82) is 0 Å². The highest BCUT2D eigenvalue weighted by Crippen LogP contribution is 2.32. The molecule has 0 saturated heterocycles. The highest BCUT2D eigenvalue weighted by molar-refractivity contribution is 9.10. The lowest BCUT2D eigenvalue weighted by atomic mass is 10.1. The van der Waals surface area contributed by atoms with E-state index >= 15 is 0 Å². The van der Waals surface area contributed by atoms with Gasteiger partial charge in [-0.1, -0.05) is 15.9 Å². The maximum atomic E-state index is 5.77. The zero-order chi connectivity index (χ0) is 11.1. The van der Waals surface area contributed by atoms with E-state index in [0.29, 0.717) is 0 Å². The third-order valence-corrected chi connectivity index (χ3v) is 3.14. The molecule has 1 heterocycles. The van der Waals surface area contributed by atoms with Gasteiger partial charge in [-0.2, -0.15) is 0 Å². The Morgan fingerprint density at radius 3 is 2.44 bits per heavy atom. The van der Waals surface area contributed by atoms with E-state index in [1.165, 1.54) is 0 Å². The van der Waals surface area contributed by atoms with Gasteiger partial charge in [-0.15, -0.1) is 0 Å². The Morgan fingerprint density at radius 1 is 1.00 bits per heavy atom. The van der Waals surface area contributed by atoms with Crippen LogP contribution < -0.4 is 4.74 Å². The van der Waals surface area contributed by atoms with Gasteiger partial charge < -0.3 is 9.15 Å². The number of hydrogen-bond acceptors (Lipinski definition) is 2. The summed E-state index contributed by atoms with van der Waals surface area (Å²) in [6.07, 6.45) is 0. The fourth-order valence-corrected chi connectivity index (χ4v) is 2.20. The van der Waals surface area contributed by atoms with Crippen LogP contribution in [-0.2, 0) is 0 Å². The fraction of sp³-hybridized carbons (Fsp3) is 0.0769. The van der Waals surface area contributed by atoms with Crippen LogP contribution in [0.5, 0.6) is 5.75 Å². The van der Waals surface area contributed by atoms with Crippen molar-refractivity contribution in [3.05, 3.63) is 40.9 Å². The van der Waals surface area contributed by atoms with Crippen LogP contribution in [0.25, 0.3) is 21.9 Å². The molecular formula is C13H9BrO2. The molecule has 80 valence electrons. The molecule has 0 N–H and O–H groups in total. The van der Waals surface area contributed by atoms with Crippen molar-refractivity contribution in [3.8, 4) is 5.75 Å². The van der Waals surface area contributed by atoms with Gasteiger partial charge in [0.2, 0.25) is 0 Å². The molecule has 2 aromatic carbocycles. The van der Waals surface area contributed by atoms with E-state index in [4.69, 9.17) is 9.15 Å². The van der Waals surface area contributed by atoms with Crippen molar-refractivity contribution in [2.45, 2.75) is 0 Å². The summed E-state index contributed by atoms with van der Waals surface area (Å²) in [6, 6.07) is 11.9. The molecule has 0 radical (unpaired) electrons. The Bertz CT molecular complexity index is 670. The lowest BCUT2D eigenvalue weighted by molar-refractivity contribution is 0.414. The zero-order valence-electron chi connectivity index (χ0n) is 8.66. The number of halogens is 1. The van der Waals surface area contributed by atoms with Crippen molar-refractivity contribution in [2.75, 3.05) is 7.11 Å².